The second kappa shape index (κ2) is 13.0. The van der Waals surface area contributed by atoms with Gasteiger partial charge in [0.25, 0.3) is 0 Å². The molecule has 0 aliphatic heterocycles. The highest BCUT2D eigenvalue weighted by Crippen LogP contribution is 2.13. The van der Waals surface area contributed by atoms with Crippen LogP contribution in [0.5, 0.6) is 0 Å². The molecule has 2 radical (unpaired) electrons. The van der Waals surface area contributed by atoms with E-state index < -0.39 is 5.97 Å². The lowest BCUT2D eigenvalue weighted by Gasteiger charge is -2.21. The molecule has 0 atom stereocenters. The average Bonchev–Trinajstić information content (AvgIpc) is 2.46. The summed E-state index contributed by atoms with van der Waals surface area (Å²) in [5.41, 5.74) is 0.332. The molecular weight excluding hydrogens is 284 g/mol. The zero-order valence-corrected chi connectivity index (χ0v) is 14.9. The Labute approximate surface area is 131 Å². The summed E-state index contributed by atoms with van der Waals surface area (Å²) < 4.78 is 11.6. The summed E-state index contributed by atoms with van der Waals surface area (Å²) in [5.74, 6) is -1.41. The second-order valence-electron chi connectivity index (χ2n) is 5.07. The van der Waals surface area contributed by atoms with Crippen LogP contribution in [-0.4, -0.2) is 34.6 Å². The van der Waals surface area contributed by atoms with Gasteiger partial charge in [0.1, 0.15) is 5.91 Å². The van der Waals surface area contributed by atoms with E-state index in [9.17, 15) is 9.90 Å². The number of hydrogen-bond acceptors (Lipinski definition) is 4. The van der Waals surface area contributed by atoms with Gasteiger partial charge in [0, 0.05) is 13.2 Å². The molecule has 0 aromatic carbocycles. The molecule has 21 heavy (non-hydrogen) atoms. The fourth-order valence-electron chi connectivity index (χ4n) is 1.68. The van der Waals surface area contributed by atoms with Crippen molar-refractivity contribution in [3.8, 4) is 0 Å². The van der Waals surface area contributed by atoms with Crippen molar-refractivity contribution in [2.75, 3.05) is 13.2 Å². The zero-order chi connectivity index (χ0) is 16.1. The van der Waals surface area contributed by atoms with Crippen molar-refractivity contribution in [2.45, 2.75) is 72.1 Å². The Morgan fingerprint density at radius 2 is 1.57 bits per heavy atom. The summed E-state index contributed by atoms with van der Waals surface area (Å²) in [6, 6.07) is 0. The summed E-state index contributed by atoms with van der Waals surface area (Å²) in [6.45, 7) is 9.19. The van der Waals surface area contributed by atoms with E-state index in [4.69, 9.17) is 9.47 Å². The van der Waals surface area contributed by atoms with Gasteiger partial charge in [-0.15, -0.1) is 0 Å². The molecule has 0 N–H and O–H groups in total. The van der Waals surface area contributed by atoms with Gasteiger partial charge in [-0.3, -0.25) is 0 Å². The Hall–Kier alpha value is -0.653. The topological polar surface area (TPSA) is 58.6 Å². The molecule has 0 saturated carbocycles. The van der Waals surface area contributed by atoms with Gasteiger partial charge in [-0.1, -0.05) is 45.2 Å². The quantitative estimate of drug-likeness (QED) is 0.227. The number of unbranched alkanes of at least 4 members (excludes halogenated alkanes) is 2. The molecule has 4 nitrogen and oxygen atoms in total. The normalized spacial score (nSPS) is 12.6. The van der Waals surface area contributed by atoms with E-state index in [2.05, 4.69) is 13.8 Å². The van der Waals surface area contributed by atoms with E-state index in [1.807, 2.05) is 6.92 Å². The van der Waals surface area contributed by atoms with Gasteiger partial charge < -0.3 is 19.4 Å². The van der Waals surface area contributed by atoms with Gasteiger partial charge >= 0.3 is 0 Å². The summed E-state index contributed by atoms with van der Waals surface area (Å²) >= 11 is 0. The Bertz CT molecular complexity index is 305. The molecule has 0 spiro atoms. The van der Waals surface area contributed by atoms with Gasteiger partial charge in [-0.05, 0) is 31.8 Å². The van der Waals surface area contributed by atoms with E-state index in [-0.39, 0.29) is 15.4 Å². The monoisotopic (exact) mass is 313 g/mol. The summed E-state index contributed by atoms with van der Waals surface area (Å²) in [7, 11) is 0.231. The molecular formula is C16H29O4Si-. The second-order valence-corrected chi connectivity index (χ2v) is 6.43. The van der Waals surface area contributed by atoms with Gasteiger partial charge in [0.05, 0.1) is 5.97 Å². The van der Waals surface area contributed by atoms with Crippen LogP contribution in [0.25, 0.3) is 0 Å². The third kappa shape index (κ3) is 9.82. The Morgan fingerprint density at radius 1 is 1.05 bits per heavy atom. The fourth-order valence-corrected chi connectivity index (χ4v) is 3.08. The van der Waals surface area contributed by atoms with Crippen LogP contribution >= 0.6 is 0 Å². The molecule has 0 heterocycles. The van der Waals surface area contributed by atoms with Crippen molar-refractivity contribution in [1.29, 1.82) is 0 Å². The number of ether oxygens (including phenoxy) is 2. The van der Waals surface area contributed by atoms with Gasteiger partial charge in [-0.25, -0.2) is 0 Å². The van der Waals surface area contributed by atoms with Crippen molar-refractivity contribution < 1.29 is 19.4 Å². The van der Waals surface area contributed by atoms with Gasteiger partial charge in [-0.2, -0.15) is 0 Å². The molecule has 0 amide bonds. The Balaban J connectivity index is 4.69. The largest absolute Gasteiger partial charge is 0.545 e. The molecule has 0 aromatic heterocycles. The smallest absolute Gasteiger partial charge is 0.152 e. The minimum absolute atomic E-state index is 0.231. The van der Waals surface area contributed by atoms with Gasteiger partial charge in [0.2, 0.25) is 0 Å². The molecule has 0 unspecified atom stereocenters. The number of carboxylic acids is 1. The van der Waals surface area contributed by atoms with Crippen LogP contribution in [0.2, 0.25) is 0 Å². The first-order valence-electron chi connectivity index (χ1n) is 7.97. The van der Waals surface area contributed by atoms with E-state index in [1.54, 1.807) is 6.92 Å². The fraction of sp³-hybridized carbons (Fsp3) is 0.812. The number of carbonyl (C=O) groups excluding carboxylic acids is 1. The van der Waals surface area contributed by atoms with Crippen molar-refractivity contribution in [3.05, 3.63) is 10.8 Å². The third-order valence-electron chi connectivity index (χ3n) is 3.09. The number of carbonyl (C=O) groups is 1. The SMILES string of the molecule is CCCCOC(OCCCC)[Si]/C(CCC)=C(\C)C(=O)[O-]. The molecule has 0 bridgehead atoms. The summed E-state index contributed by atoms with van der Waals surface area (Å²) in [6.07, 6.45) is 5.78. The first-order valence-corrected chi connectivity index (χ1v) is 9.05. The highest BCUT2D eigenvalue weighted by Gasteiger charge is 2.16. The van der Waals surface area contributed by atoms with Crippen molar-refractivity contribution in [3.63, 3.8) is 0 Å². The maximum absolute atomic E-state index is 11.1. The van der Waals surface area contributed by atoms with Crippen molar-refractivity contribution in [1.82, 2.24) is 0 Å². The first-order chi connectivity index (χ1) is 10.1. The number of rotatable bonds is 13. The number of aliphatic carboxylic acids is 1. The van der Waals surface area contributed by atoms with Gasteiger partial charge in [0.15, 0.2) is 9.52 Å². The zero-order valence-electron chi connectivity index (χ0n) is 13.9. The van der Waals surface area contributed by atoms with Crippen molar-refractivity contribution >= 4 is 15.5 Å². The number of carboxylic acid groups (broad SMARTS) is 1. The van der Waals surface area contributed by atoms with E-state index in [0.717, 1.165) is 43.7 Å². The highest BCUT2D eigenvalue weighted by molar-refractivity contribution is 6.47. The van der Waals surface area contributed by atoms with Crippen LogP contribution in [-0.2, 0) is 14.3 Å². The first kappa shape index (κ1) is 20.3. The van der Waals surface area contributed by atoms with Crippen LogP contribution in [0.3, 0.4) is 0 Å². The van der Waals surface area contributed by atoms with Crippen LogP contribution in [0.1, 0.15) is 66.2 Å². The lowest BCUT2D eigenvalue weighted by Crippen LogP contribution is -2.31. The predicted octanol–water partition coefficient (Wildman–Crippen LogP) is 2.43. The molecule has 0 saturated heterocycles. The molecule has 122 valence electrons. The maximum Gasteiger partial charge on any atom is 0.152 e. The molecule has 0 aliphatic rings. The minimum Gasteiger partial charge on any atom is -0.545 e. The standard InChI is InChI=1S/C16H30O4Si/c1-5-8-11-19-16(20-12-9-6-2)21-14(10-7-3)13(4)15(17)18/h16H,5-12H2,1-4H3,(H,17,18)/p-1/b14-13+. The number of hydrogen-bond donors (Lipinski definition) is 0. The predicted molar refractivity (Wildman–Crippen MR) is 83.9 cm³/mol. The molecule has 0 aliphatic carbocycles. The lowest BCUT2D eigenvalue weighted by atomic mass is 10.2. The minimum atomic E-state index is -1.09. The van der Waals surface area contributed by atoms with E-state index >= 15 is 0 Å². The van der Waals surface area contributed by atoms with E-state index in [0.29, 0.717) is 18.8 Å². The van der Waals surface area contributed by atoms with Crippen LogP contribution in [0, 0.1) is 0 Å². The third-order valence-corrected chi connectivity index (χ3v) is 4.63. The summed E-state index contributed by atoms with van der Waals surface area (Å²) in [4.78, 5) is 11.1. The maximum atomic E-state index is 11.1. The molecule has 0 aromatic rings. The Kier molecular flexibility index (Phi) is 12.6. The lowest BCUT2D eigenvalue weighted by molar-refractivity contribution is -0.299. The summed E-state index contributed by atoms with van der Waals surface area (Å²) in [5, 5.41) is 12.0. The molecule has 0 rings (SSSR count). The Morgan fingerprint density at radius 3 is 1.95 bits per heavy atom. The number of allylic oxidation sites excluding steroid dienone is 1. The average molecular weight is 313 g/mol. The van der Waals surface area contributed by atoms with E-state index in [1.165, 1.54) is 0 Å². The molecule has 0 fully saturated rings. The molecule has 5 heteroatoms. The highest BCUT2D eigenvalue weighted by atomic mass is 28.2. The van der Waals surface area contributed by atoms with Crippen LogP contribution in [0.4, 0.5) is 0 Å². The van der Waals surface area contributed by atoms with Crippen LogP contribution in [0.15, 0.2) is 10.8 Å². The van der Waals surface area contributed by atoms with Crippen LogP contribution < -0.4 is 5.11 Å². The van der Waals surface area contributed by atoms with Crippen molar-refractivity contribution in [2.24, 2.45) is 0 Å².